The molecule has 23 heavy (non-hydrogen) atoms. The number of rotatable bonds is 6. The number of thioether (sulfide) groups is 1. The molecule has 2 N–H and O–H groups in total. The lowest BCUT2D eigenvalue weighted by Gasteiger charge is -2.35. The third-order valence-corrected chi connectivity index (χ3v) is 5.95. The van der Waals surface area contributed by atoms with Gasteiger partial charge in [-0.1, -0.05) is 45.4 Å². The largest absolute Gasteiger partial charge is 0.352 e. The highest BCUT2D eigenvalue weighted by molar-refractivity contribution is 8.00. The third kappa shape index (κ3) is 4.40. The highest BCUT2D eigenvalue weighted by atomic mass is 32.2. The summed E-state index contributed by atoms with van der Waals surface area (Å²) in [6.45, 7) is 8.97. The first kappa shape index (κ1) is 18.1. The number of nitrogens with one attached hydrogen (secondary N) is 2. The van der Waals surface area contributed by atoms with E-state index in [1.54, 1.807) is 4.57 Å². The van der Waals surface area contributed by atoms with Gasteiger partial charge in [-0.2, -0.15) is 0 Å². The zero-order valence-corrected chi connectivity index (χ0v) is 15.3. The molecule has 0 bridgehead atoms. The maximum absolute atomic E-state index is 12.5. The van der Waals surface area contributed by atoms with Crippen molar-refractivity contribution < 1.29 is 4.79 Å². The zero-order valence-electron chi connectivity index (χ0n) is 14.5. The van der Waals surface area contributed by atoms with E-state index >= 15 is 0 Å². The van der Waals surface area contributed by atoms with Crippen LogP contribution in [0.25, 0.3) is 0 Å². The van der Waals surface area contributed by atoms with Gasteiger partial charge in [0.15, 0.2) is 5.16 Å². The number of aromatic amines is 1. The van der Waals surface area contributed by atoms with Gasteiger partial charge >= 0.3 is 5.69 Å². The summed E-state index contributed by atoms with van der Waals surface area (Å²) in [5.41, 5.74) is -0.211. The van der Waals surface area contributed by atoms with Crippen LogP contribution in [0.4, 0.5) is 0 Å². The molecule has 2 rings (SSSR count). The van der Waals surface area contributed by atoms with Gasteiger partial charge in [-0.3, -0.25) is 9.36 Å². The molecular formula is C16H28N4O2S. The second kappa shape index (κ2) is 8.04. The molecule has 0 saturated heterocycles. The van der Waals surface area contributed by atoms with Crippen molar-refractivity contribution in [3.05, 3.63) is 10.5 Å². The molecule has 1 aliphatic rings. The fraction of sp³-hybridized carbons (Fsp3) is 0.812. The normalized spacial score (nSPS) is 26.0. The van der Waals surface area contributed by atoms with Gasteiger partial charge in [0.05, 0.1) is 5.25 Å². The van der Waals surface area contributed by atoms with Crippen LogP contribution in [0.5, 0.6) is 0 Å². The molecule has 1 fully saturated rings. The second-order valence-corrected chi connectivity index (χ2v) is 7.91. The predicted octanol–water partition coefficient (Wildman–Crippen LogP) is 2.40. The molecule has 1 heterocycles. The molecular weight excluding hydrogens is 312 g/mol. The maximum Gasteiger partial charge on any atom is 0.343 e. The van der Waals surface area contributed by atoms with Crippen molar-refractivity contribution >= 4 is 17.7 Å². The van der Waals surface area contributed by atoms with Crippen LogP contribution in [0.3, 0.4) is 0 Å². The summed E-state index contributed by atoms with van der Waals surface area (Å²) in [5, 5.41) is 10.0. The Morgan fingerprint density at radius 1 is 1.48 bits per heavy atom. The van der Waals surface area contributed by atoms with Crippen molar-refractivity contribution in [2.75, 3.05) is 0 Å². The first-order valence-corrected chi connectivity index (χ1v) is 9.44. The Labute approximate surface area is 141 Å². The first-order valence-electron chi connectivity index (χ1n) is 8.56. The fourth-order valence-corrected chi connectivity index (χ4v) is 4.00. The molecule has 130 valence electrons. The molecule has 0 aliphatic heterocycles. The molecule has 7 heteroatoms. The topological polar surface area (TPSA) is 79.8 Å². The minimum Gasteiger partial charge on any atom is -0.352 e. The van der Waals surface area contributed by atoms with Crippen LogP contribution in [0.1, 0.15) is 53.4 Å². The summed E-state index contributed by atoms with van der Waals surface area (Å²) in [7, 11) is 0. The average molecular weight is 340 g/mol. The van der Waals surface area contributed by atoms with Gasteiger partial charge < -0.3 is 5.32 Å². The van der Waals surface area contributed by atoms with Gasteiger partial charge in [-0.05, 0) is 31.6 Å². The van der Waals surface area contributed by atoms with Crippen LogP contribution in [0.15, 0.2) is 9.95 Å². The van der Waals surface area contributed by atoms with Gasteiger partial charge in [0.2, 0.25) is 5.91 Å². The summed E-state index contributed by atoms with van der Waals surface area (Å²) in [5.74, 6) is 1.19. The van der Waals surface area contributed by atoms with Crippen LogP contribution < -0.4 is 11.0 Å². The lowest BCUT2D eigenvalue weighted by atomic mass is 9.78. The summed E-state index contributed by atoms with van der Waals surface area (Å²) < 4.78 is 1.60. The van der Waals surface area contributed by atoms with Crippen molar-refractivity contribution in [3.63, 3.8) is 0 Å². The molecule has 4 atom stereocenters. The van der Waals surface area contributed by atoms with Crippen molar-refractivity contribution in [1.29, 1.82) is 0 Å². The molecule has 0 aromatic carbocycles. The van der Waals surface area contributed by atoms with Crippen LogP contribution >= 0.6 is 11.8 Å². The Balaban J connectivity index is 1.96. The van der Waals surface area contributed by atoms with Crippen molar-refractivity contribution in [2.24, 2.45) is 11.8 Å². The molecule has 0 unspecified atom stereocenters. The monoisotopic (exact) mass is 340 g/mol. The van der Waals surface area contributed by atoms with Crippen LogP contribution in [0, 0.1) is 11.8 Å². The fourth-order valence-electron chi connectivity index (χ4n) is 3.11. The Morgan fingerprint density at radius 2 is 2.22 bits per heavy atom. The zero-order chi connectivity index (χ0) is 17.0. The first-order chi connectivity index (χ1) is 10.9. The Bertz CT molecular complexity index is 583. The van der Waals surface area contributed by atoms with Crippen molar-refractivity contribution in [2.45, 2.75) is 76.4 Å². The summed E-state index contributed by atoms with van der Waals surface area (Å²) >= 11 is 1.34. The van der Waals surface area contributed by atoms with E-state index in [-0.39, 0.29) is 22.9 Å². The molecule has 1 aliphatic carbocycles. The number of carbonyl (C=O) groups excluding carboxylic acids is 1. The maximum atomic E-state index is 12.5. The van der Waals surface area contributed by atoms with Crippen LogP contribution in [0.2, 0.25) is 0 Å². The van der Waals surface area contributed by atoms with E-state index in [2.05, 4.69) is 29.4 Å². The third-order valence-electron chi connectivity index (χ3n) is 4.86. The van der Waals surface area contributed by atoms with E-state index in [1.165, 1.54) is 24.6 Å². The number of amides is 1. The van der Waals surface area contributed by atoms with Crippen molar-refractivity contribution in [1.82, 2.24) is 20.1 Å². The Hall–Kier alpha value is -1.24. The van der Waals surface area contributed by atoms with Crippen LogP contribution in [-0.2, 0) is 11.3 Å². The molecule has 1 saturated carbocycles. The van der Waals surface area contributed by atoms with Gasteiger partial charge in [-0.25, -0.2) is 9.89 Å². The van der Waals surface area contributed by atoms with Gasteiger partial charge in [0, 0.05) is 12.6 Å². The number of H-pyrrole nitrogens is 1. The van der Waals surface area contributed by atoms with E-state index < -0.39 is 0 Å². The van der Waals surface area contributed by atoms with Gasteiger partial charge in [0.25, 0.3) is 0 Å². The minimum absolute atomic E-state index is 0.0273. The Morgan fingerprint density at radius 3 is 2.91 bits per heavy atom. The number of hydrogen-bond donors (Lipinski definition) is 2. The summed E-state index contributed by atoms with van der Waals surface area (Å²) in [6, 6.07) is 0.256. The lowest BCUT2D eigenvalue weighted by Crippen LogP contribution is -2.46. The highest BCUT2D eigenvalue weighted by Gasteiger charge is 2.29. The molecule has 0 spiro atoms. The Kier molecular flexibility index (Phi) is 6.33. The van der Waals surface area contributed by atoms with E-state index in [0.717, 1.165) is 12.8 Å². The number of nitrogens with zero attached hydrogens (tertiary/aromatic N) is 2. The molecule has 1 aromatic heterocycles. The van der Waals surface area contributed by atoms with E-state index in [1.807, 2.05) is 13.8 Å². The summed E-state index contributed by atoms with van der Waals surface area (Å²) in [6.07, 6.45) is 4.32. The van der Waals surface area contributed by atoms with Gasteiger partial charge in [-0.15, -0.1) is 5.10 Å². The van der Waals surface area contributed by atoms with Crippen molar-refractivity contribution in [3.8, 4) is 0 Å². The van der Waals surface area contributed by atoms with E-state index in [0.29, 0.717) is 23.5 Å². The standard InChI is InChI=1S/C16H28N4O2S/c1-5-9-20-15(22)18-19-16(20)23-12(4)14(21)17-13-8-6-7-10(2)11(13)3/h10-13H,5-9H2,1-4H3,(H,17,21)(H,18,22)/t10-,11+,12+,13+/m0/s1. The quantitative estimate of drug-likeness (QED) is 0.779. The molecule has 0 radical (unpaired) electrons. The van der Waals surface area contributed by atoms with Gasteiger partial charge in [0.1, 0.15) is 0 Å². The minimum atomic E-state index is -0.273. The average Bonchev–Trinajstić information content (AvgIpc) is 2.85. The predicted molar refractivity (Wildman–Crippen MR) is 92.6 cm³/mol. The number of aromatic nitrogens is 3. The highest BCUT2D eigenvalue weighted by Crippen LogP contribution is 2.30. The molecule has 6 nitrogen and oxygen atoms in total. The second-order valence-electron chi connectivity index (χ2n) is 6.61. The summed E-state index contributed by atoms with van der Waals surface area (Å²) in [4.78, 5) is 24.2. The molecule has 1 amide bonds. The SMILES string of the molecule is CCCn1c(S[C@H](C)C(=O)N[C@@H]2CCC[C@H](C)[C@H]2C)n[nH]c1=O. The lowest BCUT2D eigenvalue weighted by molar-refractivity contribution is -0.121. The van der Waals surface area contributed by atoms with E-state index in [4.69, 9.17) is 0 Å². The smallest absolute Gasteiger partial charge is 0.343 e. The van der Waals surface area contributed by atoms with Crippen LogP contribution in [-0.4, -0.2) is 32.0 Å². The van der Waals surface area contributed by atoms with E-state index in [9.17, 15) is 9.59 Å². The number of carbonyl (C=O) groups is 1. The number of hydrogen-bond acceptors (Lipinski definition) is 4. The molecule has 1 aromatic rings.